The molecule has 3 heterocycles. The van der Waals surface area contributed by atoms with Gasteiger partial charge in [0.25, 0.3) is 0 Å². The minimum Gasteiger partial charge on any atom is -0.488 e. The van der Waals surface area contributed by atoms with E-state index in [4.69, 9.17) is 10.5 Å². The zero-order chi connectivity index (χ0) is 14.2. The van der Waals surface area contributed by atoms with Gasteiger partial charge in [-0.1, -0.05) is 6.07 Å². The zero-order valence-corrected chi connectivity index (χ0v) is 11.2. The summed E-state index contributed by atoms with van der Waals surface area (Å²) in [5, 5.41) is 4.04. The number of pyridine rings is 1. The number of nitrogen functional groups attached to an aromatic ring is 1. The van der Waals surface area contributed by atoms with Gasteiger partial charge >= 0.3 is 0 Å². The molecule has 6 heteroatoms. The molecule has 21 heavy (non-hydrogen) atoms. The molecule has 1 aliphatic heterocycles. The van der Waals surface area contributed by atoms with E-state index in [1.165, 1.54) is 6.33 Å². The van der Waals surface area contributed by atoms with Crippen molar-refractivity contribution in [1.29, 1.82) is 0 Å². The number of rotatable bonds is 1. The molecular formula is C15H13N5O. The number of ether oxygens (including phenoxy) is 1. The topological polar surface area (TPSA) is 86.0 Å². The van der Waals surface area contributed by atoms with Gasteiger partial charge in [0, 0.05) is 17.1 Å². The van der Waals surface area contributed by atoms with Crippen LogP contribution in [0.3, 0.4) is 0 Å². The fourth-order valence-electron chi connectivity index (χ4n) is 2.43. The van der Waals surface area contributed by atoms with Gasteiger partial charge in [-0.2, -0.15) is 0 Å². The highest BCUT2D eigenvalue weighted by Gasteiger charge is 2.12. The summed E-state index contributed by atoms with van der Waals surface area (Å²) in [6.07, 6.45) is 3.29. The van der Waals surface area contributed by atoms with Crippen LogP contribution in [0.5, 0.6) is 5.75 Å². The van der Waals surface area contributed by atoms with Crippen molar-refractivity contribution in [3.63, 3.8) is 0 Å². The number of hydrogen-bond acceptors (Lipinski definition) is 6. The number of fused-ring (bicyclic) bond motifs is 2. The van der Waals surface area contributed by atoms with Crippen molar-refractivity contribution in [3.05, 3.63) is 36.8 Å². The summed E-state index contributed by atoms with van der Waals surface area (Å²) in [5.74, 6) is 2.04. The lowest BCUT2D eigenvalue weighted by atomic mass is 10.0. The average Bonchev–Trinajstić information content (AvgIpc) is 2.54. The van der Waals surface area contributed by atoms with Gasteiger partial charge in [-0.3, -0.25) is 0 Å². The first-order valence-electron chi connectivity index (χ1n) is 6.68. The smallest absolute Gasteiger partial charge is 0.168 e. The summed E-state index contributed by atoms with van der Waals surface area (Å²) in [6, 6.07) is 7.88. The van der Waals surface area contributed by atoms with E-state index in [1.54, 1.807) is 0 Å². The maximum absolute atomic E-state index is 5.91. The van der Waals surface area contributed by atoms with Crippen molar-refractivity contribution in [1.82, 2.24) is 15.0 Å². The molecule has 0 spiro atoms. The molecule has 3 N–H and O–H groups in total. The van der Waals surface area contributed by atoms with E-state index in [-0.39, 0.29) is 0 Å². The molecule has 0 aliphatic carbocycles. The fourth-order valence-corrected chi connectivity index (χ4v) is 2.43. The van der Waals surface area contributed by atoms with Crippen LogP contribution < -0.4 is 15.8 Å². The van der Waals surface area contributed by atoms with Crippen LogP contribution in [-0.4, -0.2) is 28.1 Å². The number of nitrogens with zero attached hydrogens (tertiary/aromatic N) is 3. The number of nitrogens with two attached hydrogens (primary N) is 1. The quantitative estimate of drug-likeness (QED) is 0.709. The molecule has 0 unspecified atom stereocenters. The van der Waals surface area contributed by atoms with Gasteiger partial charge in [-0.25, -0.2) is 15.0 Å². The lowest BCUT2D eigenvalue weighted by molar-refractivity contribution is 0.321. The molecule has 0 bridgehead atoms. The second-order valence-corrected chi connectivity index (χ2v) is 4.84. The van der Waals surface area contributed by atoms with Crippen LogP contribution in [0.15, 0.2) is 36.8 Å². The first kappa shape index (κ1) is 11.9. The van der Waals surface area contributed by atoms with Crippen molar-refractivity contribution in [2.24, 2.45) is 0 Å². The molecule has 2 aromatic heterocycles. The van der Waals surface area contributed by atoms with E-state index in [0.717, 1.165) is 40.1 Å². The molecule has 0 fully saturated rings. The van der Waals surface area contributed by atoms with Crippen LogP contribution >= 0.6 is 0 Å². The van der Waals surface area contributed by atoms with Crippen LogP contribution in [0.2, 0.25) is 0 Å². The number of anilines is 2. The molecule has 3 aromatic rings. The highest BCUT2D eigenvalue weighted by Crippen LogP contribution is 2.31. The molecule has 104 valence electrons. The number of benzene rings is 1. The lowest BCUT2D eigenvalue weighted by Crippen LogP contribution is -2.18. The third kappa shape index (κ3) is 2.01. The van der Waals surface area contributed by atoms with Crippen LogP contribution in [0.4, 0.5) is 11.6 Å². The predicted molar refractivity (Wildman–Crippen MR) is 81.2 cm³/mol. The monoisotopic (exact) mass is 279 g/mol. The standard InChI is InChI=1S/C15H13N5O/c16-14-11-5-9(1-2-12(11)19-8-20-14)10-6-13-15(18-7-10)17-3-4-21-13/h1-2,5-8H,3-4H2,(H,17,18)(H2,16,19,20). The van der Waals surface area contributed by atoms with E-state index in [2.05, 4.69) is 20.3 Å². The third-order valence-electron chi connectivity index (χ3n) is 3.50. The fraction of sp³-hybridized carbons (Fsp3) is 0.133. The van der Waals surface area contributed by atoms with Crippen molar-refractivity contribution < 1.29 is 4.74 Å². The number of aromatic nitrogens is 3. The summed E-state index contributed by atoms with van der Waals surface area (Å²) in [5.41, 5.74) is 8.72. The van der Waals surface area contributed by atoms with E-state index in [9.17, 15) is 0 Å². The molecule has 6 nitrogen and oxygen atoms in total. The Balaban J connectivity index is 1.84. The Bertz CT molecular complexity index is 833. The second-order valence-electron chi connectivity index (χ2n) is 4.84. The normalized spacial score (nSPS) is 13.3. The Labute approximate surface area is 121 Å². The highest BCUT2D eigenvalue weighted by molar-refractivity contribution is 5.91. The lowest BCUT2D eigenvalue weighted by Gasteiger charge is -2.18. The third-order valence-corrected chi connectivity index (χ3v) is 3.50. The molecule has 0 atom stereocenters. The summed E-state index contributed by atoms with van der Waals surface area (Å²) >= 11 is 0. The minimum absolute atomic E-state index is 0.477. The summed E-state index contributed by atoms with van der Waals surface area (Å²) in [6.45, 7) is 1.43. The number of nitrogens with one attached hydrogen (secondary N) is 1. The van der Waals surface area contributed by atoms with Crippen LogP contribution in [0.25, 0.3) is 22.0 Å². The molecular weight excluding hydrogens is 266 g/mol. The Morgan fingerprint density at radius 1 is 1.10 bits per heavy atom. The van der Waals surface area contributed by atoms with Crippen LogP contribution in [0.1, 0.15) is 0 Å². The largest absolute Gasteiger partial charge is 0.488 e. The molecule has 4 rings (SSSR count). The Morgan fingerprint density at radius 3 is 3.00 bits per heavy atom. The van der Waals surface area contributed by atoms with Crippen LogP contribution in [0, 0.1) is 0 Å². The van der Waals surface area contributed by atoms with Gasteiger partial charge in [-0.15, -0.1) is 0 Å². The van der Waals surface area contributed by atoms with E-state index >= 15 is 0 Å². The van der Waals surface area contributed by atoms with Gasteiger partial charge < -0.3 is 15.8 Å². The van der Waals surface area contributed by atoms with Crippen LogP contribution in [-0.2, 0) is 0 Å². The SMILES string of the molecule is Nc1ncnc2ccc(-c3cnc4c(c3)OCCN4)cc12. The first-order chi connectivity index (χ1) is 10.3. The number of hydrogen-bond donors (Lipinski definition) is 2. The van der Waals surface area contributed by atoms with Crippen molar-refractivity contribution >= 4 is 22.5 Å². The summed E-state index contributed by atoms with van der Waals surface area (Å²) in [7, 11) is 0. The first-order valence-corrected chi connectivity index (χ1v) is 6.68. The summed E-state index contributed by atoms with van der Waals surface area (Å²) in [4.78, 5) is 12.6. The van der Waals surface area contributed by atoms with E-state index in [1.807, 2.05) is 30.5 Å². The van der Waals surface area contributed by atoms with Crippen molar-refractivity contribution in [2.75, 3.05) is 24.2 Å². The van der Waals surface area contributed by atoms with Crippen molar-refractivity contribution in [2.45, 2.75) is 0 Å². The molecule has 1 aliphatic rings. The zero-order valence-electron chi connectivity index (χ0n) is 11.2. The maximum Gasteiger partial charge on any atom is 0.168 e. The molecule has 0 saturated carbocycles. The maximum atomic E-state index is 5.91. The van der Waals surface area contributed by atoms with Gasteiger partial charge in [0.2, 0.25) is 0 Å². The van der Waals surface area contributed by atoms with Gasteiger partial charge in [0.15, 0.2) is 11.6 Å². The van der Waals surface area contributed by atoms with E-state index < -0.39 is 0 Å². The summed E-state index contributed by atoms with van der Waals surface area (Å²) < 4.78 is 5.62. The average molecular weight is 279 g/mol. The van der Waals surface area contributed by atoms with E-state index in [0.29, 0.717) is 12.4 Å². The van der Waals surface area contributed by atoms with Crippen molar-refractivity contribution in [3.8, 4) is 16.9 Å². The Kier molecular flexibility index (Phi) is 2.60. The van der Waals surface area contributed by atoms with Gasteiger partial charge in [-0.05, 0) is 23.8 Å². The Hall–Kier alpha value is -2.89. The molecule has 1 aromatic carbocycles. The molecule has 0 saturated heterocycles. The molecule has 0 amide bonds. The molecule has 0 radical (unpaired) electrons. The highest BCUT2D eigenvalue weighted by atomic mass is 16.5. The minimum atomic E-state index is 0.477. The van der Waals surface area contributed by atoms with Gasteiger partial charge in [0.05, 0.1) is 12.1 Å². The predicted octanol–water partition coefficient (Wildman–Crippen LogP) is 2.08. The Morgan fingerprint density at radius 2 is 2.05 bits per heavy atom. The second kappa shape index (κ2) is 4.59. The van der Waals surface area contributed by atoms with Gasteiger partial charge in [0.1, 0.15) is 18.8 Å².